The van der Waals surface area contributed by atoms with Gasteiger partial charge in [-0.3, -0.25) is 0 Å². The van der Waals surface area contributed by atoms with E-state index in [1.54, 1.807) is 11.3 Å². The summed E-state index contributed by atoms with van der Waals surface area (Å²) in [7, 11) is 0. The number of rotatable bonds is 1. The van der Waals surface area contributed by atoms with Crippen molar-refractivity contribution < 1.29 is 5.11 Å². The topological polar surface area (TPSA) is 36.4 Å². The van der Waals surface area contributed by atoms with Gasteiger partial charge in [-0.05, 0) is 42.7 Å². The van der Waals surface area contributed by atoms with Crippen molar-refractivity contribution in [1.82, 2.24) is 4.98 Å². The molecule has 0 spiro atoms. The van der Waals surface area contributed by atoms with Crippen LogP contribution in [0.15, 0.2) is 11.4 Å². The van der Waals surface area contributed by atoms with Crippen LogP contribution in [0.2, 0.25) is 0 Å². The Morgan fingerprint density at radius 1 is 1.32 bits per heavy atom. The number of fused-ring (bicyclic) bond motifs is 2. The third-order valence-electron chi connectivity index (χ3n) is 3.99. The average molecular weight is 292 g/mol. The van der Waals surface area contributed by atoms with Crippen LogP contribution < -0.4 is 4.90 Å². The van der Waals surface area contributed by atoms with E-state index >= 15 is 0 Å². The van der Waals surface area contributed by atoms with Gasteiger partial charge in [-0.1, -0.05) is 0 Å². The zero-order valence-electron chi connectivity index (χ0n) is 10.6. The van der Waals surface area contributed by atoms with Gasteiger partial charge in [0.05, 0.1) is 11.8 Å². The summed E-state index contributed by atoms with van der Waals surface area (Å²) in [4.78, 5) is 9.90. The van der Waals surface area contributed by atoms with E-state index in [0.29, 0.717) is 0 Å². The van der Waals surface area contributed by atoms with Gasteiger partial charge in [0.2, 0.25) is 0 Å². The molecule has 100 valence electrons. The van der Waals surface area contributed by atoms with Crippen LogP contribution >= 0.6 is 22.7 Å². The number of thiazole rings is 1. The van der Waals surface area contributed by atoms with E-state index < -0.39 is 0 Å². The number of hydrogen-bond donors (Lipinski definition) is 1. The van der Waals surface area contributed by atoms with E-state index in [0.717, 1.165) is 49.6 Å². The number of aliphatic hydroxyl groups is 1. The Labute approximate surface area is 120 Å². The predicted molar refractivity (Wildman–Crippen MR) is 79.1 cm³/mol. The number of aliphatic hydroxyl groups excluding tert-OH is 1. The van der Waals surface area contributed by atoms with Crippen molar-refractivity contribution in [2.45, 2.75) is 38.3 Å². The molecule has 0 fully saturated rings. The molecule has 2 aliphatic rings. The second-order valence-electron chi connectivity index (χ2n) is 5.25. The highest BCUT2D eigenvalue weighted by molar-refractivity contribution is 7.15. The van der Waals surface area contributed by atoms with Crippen molar-refractivity contribution in [3.63, 3.8) is 0 Å². The van der Waals surface area contributed by atoms with E-state index in [1.165, 1.54) is 15.3 Å². The van der Waals surface area contributed by atoms with Crippen molar-refractivity contribution in [2.24, 2.45) is 0 Å². The number of hydrogen-bond acceptors (Lipinski definition) is 5. The molecule has 3 nitrogen and oxygen atoms in total. The molecular formula is C14H16N2OS2. The largest absolute Gasteiger partial charge is 0.387 e. The third kappa shape index (κ3) is 2.00. The monoisotopic (exact) mass is 292 g/mol. The Hall–Kier alpha value is -0.910. The molecule has 1 aliphatic carbocycles. The summed E-state index contributed by atoms with van der Waals surface area (Å²) in [5, 5.41) is 13.3. The van der Waals surface area contributed by atoms with Gasteiger partial charge in [0.15, 0.2) is 5.13 Å². The first kappa shape index (κ1) is 11.9. The van der Waals surface area contributed by atoms with Crippen molar-refractivity contribution in [1.29, 1.82) is 0 Å². The Kier molecular flexibility index (Phi) is 2.86. The maximum atomic E-state index is 10.0. The zero-order chi connectivity index (χ0) is 12.8. The lowest BCUT2D eigenvalue weighted by Crippen LogP contribution is -2.29. The van der Waals surface area contributed by atoms with E-state index in [4.69, 9.17) is 4.98 Å². The highest BCUT2D eigenvalue weighted by Crippen LogP contribution is 2.38. The molecule has 5 heteroatoms. The van der Waals surface area contributed by atoms with E-state index in [1.807, 2.05) is 11.3 Å². The maximum absolute atomic E-state index is 10.0. The van der Waals surface area contributed by atoms with E-state index in [9.17, 15) is 5.11 Å². The highest BCUT2D eigenvalue weighted by atomic mass is 32.1. The van der Waals surface area contributed by atoms with Crippen molar-refractivity contribution >= 4 is 27.8 Å². The molecule has 0 radical (unpaired) electrons. The number of nitrogens with zero attached hydrogens (tertiary/aromatic N) is 2. The summed E-state index contributed by atoms with van der Waals surface area (Å²) in [5.41, 5.74) is 2.40. The van der Waals surface area contributed by atoms with Crippen LogP contribution in [0.4, 0.5) is 5.13 Å². The standard InChI is InChI=1S/C14H16N2OS2/c17-10-2-1-3-12-13(10)15-14(19-12)16-6-4-11-9(8-16)5-7-18-11/h5,7,10,17H,1-4,6,8H2. The maximum Gasteiger partial charge on any atom is 0.186 e. The van der Waals surface area contributed by atoms with Crippen LogP contribution in [-0.4, -0.2) is 16.6 Å². The molecule has 0 bridgehead atoms. The van der Waals surface area contributed by atoms with E-state index in [2.05, 4.69) is 16.3 Å². The minimum absolute atomic E-state index is 0.338. The first-order valence-corrected chi connectivity index (χ1v) is 8.49. The molecule has 19 heavy (non-hydrogen) atoms. The summed E-state index contributed by atoms with van der Waals surface area (Å²) in [5.74, 6) is 0. The molecule has 0 saturated carbocycles. The second kappa shape index (κ2) is 4.58. The average Bonchev–Trinajstić information content (AvgIpc) is 3.04. The van der Waals surface area contributed by atoms with E-state index in [-0.39, 0.29) is 6.10 Å². The lowest BCUT2D eigenvalue weighted by atomic mass is 10.0. The summed E-state index contributed by atoms with van der Waals surface area (Å²) >= 11 is 3.65. The Balaban J connectivity index is 1.64. The van der Waals surface area contributed by atoms with Crippen LogP contribution in [0.25, 0.3) is 0 Å². The van der Waals surface area contributed by atoms with Gasteiger partial charge >= 0.3 is 0 Å². The van der Waals surface area contributed by atoms with Gasteiger partial charge in [-0.15, -0.1) is 22.7 Å². The zero-order valence-corrected chi connectivity index (χ0v) is 12.3. The predicted octanol–water partition coefficient (Wildman–Crippen LogP) is 3.14. The number of anilines is 1. The minimum Gasteiger partial charge on any atom is -0.387 e. The van der Waals surface area contributed by atoms with Gasteiger partial charge < -0.3 is 10.0 Å². The molecule has 1 aliphatic heterocycles. The fourth-order valence-corrected chi connectivity index (χ4v) is 5.00. The van der Waals surface area contributed by atoms with Crippen molar-refractivity contribution in [3.8, 4) is 0 Å². The molecular weight excluding hydrogens is 276 g/mol. The third-order valence-corrected chi connectivity index (χ3v) is 6.21. The van der Waals surface area contributed by atoms with Gasteiger partial charge in [0.1, 0.15) is 0 Å². The van der Waals surface area contributed by atoms with Gasteiger partial charge in [-0.2, -0.15) is 0 Å². The lowest BCUT2D eigenvalue weighted by molar-refractivity contribution is 0.153. The smallest absolute Gasteiger partial charge is 0.186 e. The van der Waals surface area contributed by atoms with Gasteiger partial charge in [-0.25, -0.2) is 4.98 Å². The first-order chi connectivity index (χ1) is 9.31. The molecule has 4 rings (SSSR count). The summed E-state index contributed by atoms with van der Waals surface area (Å²) in [6.07, 6.45) is 3.83. The Morgan fingerprint density at radius 2 is 2.26 bits per heavy atom. The Morgan fingerprint density at radius 3 is 3.16 bits per heavy atom. The fraction of sp³-hybridized carbons (Fsp3) is 0.500. The summed E-state index contributed by atoms with van der Waals surface area (Å²) in [6, 6.07) is 2.23. The number of aryl methyl sites for hydroxylation is 1. The van der Waals surface area contributed by atoms with Crippen molar-refractivity contribution in [2.75, 3.05) is 11.4 Å². The first-order valence-electron chi connectivity index (χ1n) is 6.79. The van der Waals surface area contributed by atoms with Crippen molar-refractivity contribution in [3.05, 3.63) is 32.5 Å². The minimum atomic E-state index is -0.338. The summed E-state index contributed by atoms with van der Waals surface area (Å²) in [6.45, 7) is 2.03. The summed E-state index contributed by atoms with van der Waals surface area (Å²) < 4.78 is 0. The quantitative estimate of drug-likeness (QED) is 0.877. The number of aromatic nitrogens is 1. The molecule has 1 N–H and O–H groups in total. The number of thiophene rings is 1. The van der Waals surface area contributed by atoms with Crippen LogP contribution in [0.5, 0.6) is 0 Å². The molecule has 2 aromatic rings. The Bertz CT molecular complexity index is 604. The molecule has 0 amide bonds. The second-order valence-corrected chi connectivity index (χ2v) is 7.32. The van der Waals surface area contributed by atoms with Crippen LogP contribution in [0.1, 0.15) is 40.0 Å². The molecule has 2 aromatic heterocycles. The van der Waals surface area contributed by atoms with Crippen LogP contribution in [0, 0.1) is 0 Å². The van der Waals surface area contributed by atoms with Gasteiger partial charge in [0.25, 0.3) is 0 Å². The van der Waals surface area contributed by atoms with Gasteiger partial charge in [0, 0.05) is 22.8 Å². The molecule has 0 saturated heterocycles. The lowest BCUT2D eigenvalue weighted by Gasteiger charge is -2.26. The normalized spacial score (nSPS) is 22.2. The van der Waals surface area contributed by atoms with Crippen LogP contribution in [-0.2, 0) is 19.4 Å². The highest BCUT2D eigenvalue weighted by Gasteiger charge is 2.26. The molecule has 1 unspecified atom stereocenters. The molecule has 0 aromatic carbocycles. The SMILES string of the molecule is OC1CCCc2sc(N3CCc4sccc4C3)nc21. The molecule has 3 heterocycles. The van der Waals surface area contributed by atoms with Crippen LogP contribution in [0.3, 0.4) is 0 Å². The molecule has 1 atom stereocenters. The fourth-order valence-electron chi connectivity index (χ4n) is 2.93.